The molecular weight excluding hydrogens is 602 g/mol. The van der Waals surface area contributed by atoms with E-state index in [-0.39, 0.29) is 24.3 Å². The molecule has 0 aliphatic rings. The molecule has 0 radical (unpaired) electrons. The van der Waals surface area contributed by atoms with Crippen molar-refractivity contribution < 1.29 is 47.6 Å². The maximum Gasteiger partial charge on any atom is 0.426 e. The third-order valence-electron chi connectivity index (χ3n) is 6.02. The molecule has 1 atom stereocenters. The van der Waals surface area contributed by atoms with Crippen molar-refractivity contribution in [2.75, 3.05) is 52.9 Å². The zero-order valence-electron chi connectivity index (χ0n) is 27.4. The number of rotatable bonds is 21. The van der Waals surface area contributed by atoms with Crippen LogP contribution in [-0.4, -0.2) is 97.2 Å². The van der Waals surface area contributed by atoms with Crippen LogP contribution in [0.1, 0.15) is 63.5 Å². The Bertz CT molecular complexity index is 1210. The Labute approximate surface area is 269 Å². The summed E-state index contributed by atoms with van der Waals surface area (Å²) < 4.78 is 34.2. The van der Waals surface area contributed by atoms with Crippen LogP contribution in [0.15, 0.2) is 30.5 Å². The monoisotopic (exact) mass is 649 g/mol. The lowest BCUT2D eigenvalue weighted by Gasteiger charge is -2.19. The zero-order valence-corrected chi connectivity index (χ0v) is 27.4. The number of hydrogen-bond donors (Lipinski definition) is 2. The van der Waals surface area contributed by atoms with Gasteiger partial charge in [-0.3, -0.25) is 15.0 Å². The average molecular weight is 650 g/mol. The molecule has 2 N–H and O–H groups in total. The Balaban J connectivity index is 1.43. The van der Waals surface area contributed by atoms with E-state index in [0.717, 1.165) is 0 Å². The minimum absolute atomic E-state index is 0.0579. The van der Waals surface area contributed by atoms with Crippen LogP contribution in [0.25, 0.3) is 0 Å². The van der Waals surface area contributed by atoms with Gasteiger partial charge in [0.2, 0.25) is 0 Å². The van der Waals surface area contributed by atoms with Gasteiger partial charge in [-0.25, -0.2) is 14.9 Å². The van der Waals surface area contributed by atoms with Crippen molar-refractivity contribution in [2.24, 2.45) is 5.92 Å². The number of hydrogen-bond acceptors (Lipinski definition) is 12. The Hall–Kier alpha value is -4.08. The second-order valence-corrected chi connectivity index (χ2v) is 11.3. The largest absolute Gasteiger partial charge is 0.491 e. The van der Waals surface area contributed by atoms with E-state index in [1.165, 1.54) is 6.92 Å². The fraction of sp³-hybridized carbons (Fsp3) is 0.613. The number of carbonyl (C=O) groups is 4. The third kappa shape index (κ3) is 17.4. The number of amides is 2. The first-order valence-electron chi connectivity index (χ1n) is 15.2. The molecule has 1 heterocycles. The number of ether oxygens (including phenoxy) is 6. The third-order valence-corrected chi connectivity index (χ3v) is 6.02. The van der Waals surface area contributed by atoms with E-state index in [0.29, 0.717) is 89.1 Å². The number of Topliss-reactive ketones (excluding diaryl/α,β-unsaturated/α-hetero) is 1. The highest BCUT2D eigenvalue weighted by Crippen LogP contribution is 2.12. The predicted octanol–water partition coefficient (Wildman–Crippen LogP) is 2.67. The van der Waals surface area contributed by atoms with Crippen LogP contribution < -0.4 is 15.6 Å². The lowest BCUT2D eigenvalue weighted by Crippen LogP contribution is -2.44. The molecule has 15 heteroatoms. The van der Waals surface area contributed by atoms with E-state index < -0.39 is 17.6 Å². The molecular formula is C31H47N5O10. The van der Waals surface area contributed by atoms with Crippen molar-refractivity contribution in [3.05, 3.63) is 41.7 Å². The standard InChI is InChI=1S/C31H47N5O10/c1-23(6-7-24(2)37)29(39)45-14-12-26-22-36(35-32-26)13-15-41-16-17-42-18-19-43-20-21-44-27-10-8-25(9-11-27)28(38)33-34-30(40)46-31(3,4)5/h8-11,22-23H,6-7,12-21H2,1-5H3,(H,33,38)(H,34,40). The van der Waals surface area contributed by atoms with Gasteiger partial charge in [0.25, 0.3) is 5.91 Å². The molecule has 0 saturated heterocycles. The van der Waals surface area contributed by atoms with Crippen molar-refractivity contribution >= 4 is 23.8 Å². The number of nitrogens with zero attached hydrogens (tertiary/aromatic N) is 3. The van der Waals surface area contributed by atoms with Crippen LogP contribution in [0.2, 0.25) is 0 Å². The molecule has 2 rings (SSSR count). The van der Waals surface area contributed by atoms with E-state index in [4.69, 9.17) is 28.4 Å². The van der Waals surface area contributed by atoms with Gasteiger partial charge in [0.1, 0.15) is 23.7 Å². The van der Waals surface area contributed by atoms with Crippen LogP contribution in [0.5, 0.6) is 5.75 Å². The van der Waals surface area contributed by atoms with Crippen molar-refractivity contribution in [1.29, 1.82) is 0 Å². The summed E-state index contributed by atoms with van der Waals surface area (Å²) in [5.41, 5.74) is 4.87. The lowest BCUT2D eigenvalue weighted by molar-refractivity contribution is -0.148. The van der Waals surface area contributed by atoms with Crippen molar-refractivity contribution in [1.82, 2.24) is 25.8 Å². The molecule has 15 nitrogen and oxygen atoms in total. The van der Waals surface area contributed by atoms with Crippen molar-refractivity contribution in [3.63, 3.8) is 0 Å². The summed E-state index contributed by atoms with van der Waals surface area (Å²) in [5.74, 6) is -0.482. The minimum atomic E-state index is -0.751. The quantitative estimate of drug-likeness (QED) is 0.115. The van der Waals surface area contributed by atoms with Gasteiger partial charge in [-0.1, -0.05) is 12.1 Å². The summed E-state index contributed by atoms with van der Waals surface area (Å²) in [7, 11) is 0. The summed E-state index contributed by atoms with van der Waals surface area (Å²) in [6.45, 7) is 12.0. The Morgan fingerprint density at radius 2 is 1.50 bits per heavy atom. The lowest BCUT2D eigenvalue weighted by atomic mass is 10.0. The molecule has 256 valence electrons. The SMILES string of the molecule is CC(=O)CCC(C)C(=O)OCCc1cn(CCOCCOCCOCCOc2ccc(C(=O)NNC(=O)OC(C)(C)C)cc2)nn1. The fourth-order valence-corrected chi connectivity index (χ4v) is 3.60. The summed E-state index contributed by atoms with van der Waals surface area (Å²) in [6, 6.07) is 6.45. The highest BCUT2D eigenvalue weighted by molar-refractivity contribution is 5.95. The molecule has 46 heavy (non-hydrogen) atoms. The van der Waals surface area contributed by atoms with Crippen LogP contribution in [0.4, 0.5) is 4.79 Å². The van der Waals surface area contributed by atoms with Crippen molar-refractivity contribution in [3.8, 4) is 5.75 Å². The average Bonchev–Trinajstić information content (AvgIpc) is 3.46. The van der Waals surface area contributed by atoms with Gasteiger partial charge >= 0.3 is 12.1 Å². The first kappa shape index (κ1) is 38.1. The number of esters is 1. The van der Waals surface area contributed by atoms with Crippen molar-refractivity contribution in [2.45, 2.75) is 66.0 Å². The van der Waals surface area contributed by atoms with E-state index >= 15 is 0 Å². The van der Waals surface area contributed by atoms with E-state index in [1.807, 2.05) is 0 Å². The van der Waals surface area contributed by atoms with Gasteiger partial charge in [-0.2, -0.15) is 0 Å². The first-order valence-corrected chi connectivity index (χ1v) is 15.2. The molecule has 0 fully saturated rings. The Kier molecular flexibility index (Phi) is 17.3. The summed E-state index contributed by atoms with van der Waals surface area (Å²) >= 11 is 0. The minimum Gasteiger partial charge on any atom is -0.491 e. The molecule has 2 aromatic rings. The van der Waals surface area contributed by atoms with Crippen LogP contribution >= 0.6 is 0 Å². The van der Waals surface area contributed by atoms with Crippen LogP contribution in [0, 0.1) is 5.92 Å². The van der Waals surface area contributed by atoms with E-state index in [1.54, 1.807) is 62.8 Å². The molecule has 0 bridgehead atoms. The van der Waals surface area contributed by atoms with Gasteiger partial charge in [-0.05, 0) is 58.4 Å². The molecule has 0 spiro atoms. The molecule has 0 aliphatic carbocycles. The predicted molar refractivity (Wildman–Crippen MR) is 165 cm³/mol. The molecule has 1 unspecified atom stereocenters. The zero-order chi connectivity index (χ0) is 33.8. The molecule has 2 amide bonds. The van der Waals surface area contributed by atoms with E-state index in [9.17, 15) is 19.2 Å². The first-order chi connectivity index (χ1) is 21.9. The van der Waals surface area contributed by atoms with Crippen LogP contribution in [-0.2, 0) is 46.2 Å². The topological polar surface area (TPSA) is 178 Å². The smallest absolute Gasteiger partial charge is 0.426 e. The number of aromatic nitrogens is 3. The summed E-state index contributed by atoms with van der Waals surface area (Å²) in [4.78, 5) is 46.8. The number of benzene rings is 1. The fourth-order valence-electron chi connectivity index (χ4n) is 3.60. The number of carbonyl (C=O) groups excluding carboxylic acids is 4. The highest BCUT2D eigenvalue weighted by atomic mass is 16.6. The second kappa shape index (κ2) is 20.9. The van der Waals surface area contributed by atoms with Gasteiger partial charge < -0.3 is 33.2 Å². The van der Waals surface area contributed by atoms with Gasteiger partial charge in [-0.15, -0.1) is 5.10 Å². The summed E-state index contributed by atoms with van der Waals surface area (Å²) in [5, 5.41) is 8.13. The van der Waals surface area contributed by atoms with Gasteiger partial charge in [0, 0.05) is 24.6 Å². The molecule has 0 aliphatic heterocycles. The molecule has 1 aromatic carbocycles. The normalized spacial score (nSPS) is 11.8. The van der Waals surface area contributed by atoms with Crippen LogP contribution in [0.3, 0.4) is 0 Å². The number of nitrogens with one attached hydrogen (secondary N) is 2. The Morgan fingerprint density at radius 1 is 0.870 bits per heavy atom. The maximum atomic E-state index is 12.1. The van der Waals surface area contributed by atoms with Gasteiger partial charge in [0.05, 0.1) is 64.4 Å². The number of hydrazine groups is 1. The highest BCUT2D eigenvalue weighted by Gasteiger charge is 2.17. The summed E-state index contributed by atoms with van der Waals surface area (Å²) in [6.07, 6.45) is 2.35. The molecule has 0 saturated carbocycles. The Morgan fingerprint density at radius 3 is 2.13 bits per heavy atom. The molecule has 1 aromatic heterocycles. The number of ketones is 1. The maximum absolute atomic E-state index is 12.1. The van der Waals surface area contributed by atoms with E-state index in [2.05, 4.69) is 21.2 Å². The van der Waals surface area contributed by atoms with Gasteiger partial charge in [0.15, 0.2) is 0 Å². The second-order valence-electron chi connectivity index (χ2n) is 11.3.